The first kappa shape index (κ1) is 18.3. The highest BCUT2D eigenvalue weighted by molar-refractivity contribution is 5.98. The standard InChI is InChI=1S/C21H21N9/c1-12-6-8-22-16(10-12)20-25-18(27-29-20)14-4-3-5-15(24-14)19-26-21(30-28-19)17-11-13(2)7-9-23-17/h3-11,18-19,27-28H,1-2H3,(H,25,29)(H,26,30). The van der Waals surface area contributed by atoms with Crippen molar-refractivity contribution in [2.24, 2.45) is 9.98 Å². The van der Waals surface area contributed by atoms with Crippen molar-refractivity contribution in [3.05, 3.63) is 88.8 Å². The summed E-state index contributed by atoms with van der Waals surface area (Å²) in [6, 6.07) is 13.7. The number of hydrogen-bond donors (Lipinski definition) is 4. The second kappa shape index (κ2) is 7.62. The molecule has 3 aromatic rings. The molecule has 2 unspecified atom stereocenters. The van der Waals surface area contributed by atoms with Crippen LogP contribution in [0.1, 0.15) is 46.2 Å². The highest BCUT2D eigenvalue weighted by atomic mass is 15.5. The predicted octanol–water partition coefficient (Wildman–Crippen LogP) is 1.59. The molecule has 9 heteroatoms. The van der Waals surface area contributed by atoms with Gasteiger partial charge in [0.05, 0.1) is 11.4 Å². The van der Waals surface area contributed by atoms with Gasteiger partial charge in [0.1, 0.15) is 11.4 Å². The second-order valence-corrected chi connectivity index (χ2v) is 7.22. The smallest absolute Gasteiger partial charge is 0.163 e. The molecule has 2 aliphatic heterocycles. The van der Waals surface area contributed by atoms with E-state index in [1.165, 1.54) is 0 Å². The van der Waals surface area contributed by atoms with Crippen molar-refractivity contribution < 1.29 is 0 Å². The van der Waals surface area contributed by atoms with Crippen molar-refractivity contribution in [1.82, 2.24) is 36.7 Å². The van der Waals surface area contributed by atoms with E-state index in [1.54, 1.807) is 12.4 Å². The lowest BCUT2D eigenvalue weighted by Crippen LogP contribution is -2.33. The summed E-state index contributed by atoms with van der Waals surface area (Å²) in [6.45, 7) is 4.06. The number of aromatic nitrogens is 3. The Hall–Kier alpha value is -3.69. The van der Waals surface area contributed by atoms with E-state index in [4.69, 9.17) is 15.0 Å². The van der Waals surface area contributed by atoms with E-state index in [-0.39, 0.29) is 12.3 Å². The Labute approximate surface area is 173 Å². The summed E-state index contributed by atoms with van der Waals surface area (Å²) in [5.74, 6) is 1.39. The molecule has 0 aromatic carbocycles. The SMILES string of the molecule is Cc1ccnc(C2=NC(c3cccc(C4N=C(c5cc(C)ccn5)NN4)n3)NN2)c1. The van der Waals surface area contributed by atoms with Crippen molar-refractivity contribution in [3.63, 3.8) is 0 Å². The van der Waals surface area contributed by atoms with Gasteiger partial charge in [0.25, 0.3) is 0 Å². The van der Waals surface area contributed by atoms with E-state index in [1.807, 2.05) is 56.3 Å². The number of nitrogens with one attached hydrogen (secondary N) is 4. The quantitative estimate of drug-likeness (QED) is 0.527. The maximum absolute atomic E-state index is 4.77. The first-order valence-electron chi connectivity index (χ1n) is 9.67. The van der Waals surface area contributed by atoms with Crippen LogP contribution in [-0.2, 0) is 0 Å². The zero-order chi connectivity index (χ0) is 20.5. The van der Waals surface area contributed by atoms with Crippen LogP contribution in [0.25, 0.3) is 0 Å². The van der Waals surface area contributed by atoms with Gasteiger partial charge < -0.3 is 10.9 Å². The van der Waals surface area contributed by atoms with Crippen molar-refractivity contribution in [1.29, 1.82) is 0 Å². The van der Waals surface area contributed by atoms with Crippen molar-refractivity contribution in [3.8, 4) is 0 Å². The molecule has 5 heterocycles. The Morgan fingerprint density at radius 3 is 1.67 bits per heavy atom. The van der Waals surface area contributed by atoms with Gasteiger partial charge in [-0.3, -0.25) is 15.0 Å². The van der Waals surface area contributed by atoms with Gasteiger partial charge in [0, 0.05) is 12.4 Å². The first-order valence-corrected chi connectivity index (χ1v) is 9.67. The third-order valence-corrected chi connectivity index (χ3v) is 4.84. The summed E-state index contributed by atoms with van der Waals surface area (Å²) in [7, 11) is 0. The van der Waals surface area contributed by atoms with Crippen LogP contribution in [0.2, 0.25) is 0 Å². The van der Waals surface area contributed by atoms with Gasteiger partial charge in [-0.25, -0.2) is 20.8 Å². The highest BCUT2D eigenvalue weighted by Gasteiger charge is 2.24. The zero-order valence-corrected chi connectivity index (χ0v) is 16.6. The van der Waals surface area contributed by atoms with Crippen molar-refractivity contribution >= 4 is 11.7 Å². The third-order valence-electron chi connectivity index (χ3n) is 4.84. The molecule has 4 N–H and O–H groups in total. The minimum absolute atomic E-state index is 0.307. The van der Waals surface area contributed by atoms with Crippen molar-refractivity contribution in [2.45, 2.75) is 26.2 Å². The molecule has 150 valence electrons. The van der Waals surface area contributed by atoms with E-state index in [2.05, 4.69) is 31.7 Å². The maximum Gasteiger partial charge on any atom is 0.163 e. The summed E-state index contributed by atoms with van der Waals surface area (Å²) in [6.07, 6.45) is 2.94. The Kier molecular flexibility index (Phi) is 4.66. The lowest BCUT2D eigenvalue weighted by Gasteiger charge is -2.11. The molecule has 0 aliphatic carbocycles. The zero-order valence-electron chi connectivity index (χ0n) is 16.6. The van der Waals surface area contributed by atoms with Gasteiger partial charge >= 0.3 is 0 Å². The van der Waals surface area contributed by atoms with Gasteiger partial charge in [-0.1, -0.05) is 6.07 Å². The number of pyridine rings is 3. The number of amidine groups is 2. The van der Waals surface area contributed by atoms with Crippen LogP contribution < -0.4 is 21.7 Å². The summed E-state index contributed by atoms with van der Waals surface area (Å²) < 4.78 is 0. The van der Waals surface area contributed by atoms with Crippen LogP contribution >= 0.6 is 0 Å². The van der Waals surface area contributed by atoms with Crippen LogP contribution in [0.15, 0.2) is 64.8 Å². The number of hydrogen-bond acceptors (Lipinski definition) is 9. The highest BCUT2D eigenvalue weighted by Crippen LogP contribution is 2.21. The largest absolute Gasteiger partial charge is 0.302 e. The number of rotatable bonds is 4. The van der Waals surface area contributed by atoms with Gasteiger partial charge in [0.2, 0.25) is 0 Å². The molecule has 9 nitrogen and oxygen atoms in total. The lowest BCUT2D eigenvalue weighted by molar-refractivity contribution is 0.536. The second-order valence-electron chi connectivity index (χ2n) is 7.22. The minimum atomic E-state index is -0.307. The molecule has 2 aliphatic rings. The van der Waals surface area contributed by atoms with Crippen LogP contribution in [-0.4, -0.2) is 26.6 Å². The predicted molar refractivity (Wildman–Crippen MR) is 113 cm³/mol. The molecule has 30 heavy (non-hydrogen) atoms. The third kappa shape index (κ3) is 3.63. The molecule has 0 saturated carbocycles. The summed E-state index contributed by atoms with van der Waals surface area (Å²) in [5.41, 5.74) is 18.0. The molecule has 0 saturated heterocycles. The number of hydrazine groups is 2. The minimum Gasteiger partial charge on any atom is -0.302 e. The average molecular weight is 399 g/mol. The Morgan fingerprint density at radius 1 is 0.700 bits per heavy atom. The molecule has 3 aromatic heterocycles. The topological polar surface area (TPSA) is 112 Å². The fourth-order valence-corrected chi connectivity index (χ4v) is 3.31. The lowest BCUT2D eigenvalue weighted by atomic mass is 10.2. The van der Waals surface area contributed by atoms with E-state index in [9.17, 15) is 0 Å². The molecular weight excluding hydrogens is 378 g/mol. The van der Waals surface area contributed by atoms with Crippen molar-refractivity contribution in [2.75, 3.05) is 0 Å². The number of nitrogens with zero attached hydrogens (tertiary/aromatic N) is 5. The van der Waals surface area contributed by atoms with E-state index in [0.29, 0.717) is 11.7 Å². The van der Waals surface area contributed by atoms with E-state index in [0.717, 1.165) is 33.9 Å². The molecule has 5 rings (SSSR count). The normalized spacial score (nSPS) is 20.3. The average Bonchev–Trinajstić information content (AvgIpc) is 3.44. The van der Waals surface area contributed by atoms with Gasteiger partial charge in [-0.2, -0.15) is 0 Å². The fraction of sp³-hybridized carbons (Fsp3) is 0.190. The van der Waals surface area contributed by atoms with Gasteiger partial charge in [-0.15, -0.1) is 0 Å². The van der Waals surface area contributed by atoms with Crippen LogP contribution in [0.4, 0.5) is 0 Å². The molecule has 0 amide bonds. The summed E-state index contributed by atoms with van der Waals surface area (Å²) >= 11 is 0. The molecule has 0 radical (unpaired) electrons. The molecule has 0 bridgehead atoms. The van der Waals surface area contributed by atoms with Gasteiger partial charge in [-0.05, 0) is 61.4 Å². The Balaban J connectivity index is 1.38. The van der Waals surface area contributed by atoms with Crippen LogP contribution in [0.5, 0.6) is 0 Å². The summed E-state index contributed by atoms with van der Waals surface area (Å²) in [4.78, 5) is 22.9. The van der Waals surface area contributed by atoms with Gasteiger partial charge in [0.15, 0.2) is 24.0 Å². The van der Waals surface area contributed by atoms with E-state index < -0.39 is 0 Å². The Bertz CT molecular complexity index is 1070. The fourth-order valence-electron chi connectivity index (χ4n) is 3.31. The molecule has 0 spiro atoms. The number of aryl methyl sites for hydroxylation is 2. The van der Waals surface area contributed by atoms with Crippen LogP contribution in [0.3, 0.4) is 0 Å². The first-order chi connectivity index (χ1) is 14.7. The monoisotopic (exact) mass is 399 g/mol. The van der Waals surface area contributed by atoms with Crippen LogP contribution in [0, 0.1) is 13.8 Å². The Morgan fingerprint density at radius 2 is 1.20 bits per heavy atom. The number of aliphatic imine (C=N–C) groups is 2. The molecule has 2 atom stereocenters. The maximum atomic E-state index is 4.77. The summed E-state index contributed by atoms with van der Waals surface area (Å²) in [5, 5.41) is 0. The molecular formula is C21H21N9. The molecule has 0 fully saturated rings. The van der Waals surface area contributed by atoms with E-state index >= 15 is 0 Å².